The maximum absolute atomic E-state index is 12.9. The van der Waals surface area contributed by atoms with Gasteiger partial charge in [0.1, 0.15) is 6.42 Å². The van der Waals surface area contributed by atoms with Crippen molar-refractivity contribution in [2.75, 3.05) is 4.90 Å². The van der Waals surface area contributed by atoms with E-state index in [2.05, 4.69) is 0 Å². The molecular weight excluding hydrogens is 292 g/mol. The number of nitrogens with zero attached hydrogens (tertiary/aromatic N) is 2. The van der Waals surface area contributed by atoms with Gasteiger partial charge >= 0.3 is 6.03 Å². The van der Waals surface area contributed by atoms with Crippen molar-refractivity contribution >= 4 is 23.5 Å². The molecule has 1 saturated carbocycles. The minimum atomic E-state index is -0.480. The van der Waals surface area contributed by atoms with E-state index in [1.807, 2.05) is 32.0 Å². The molecule has 0 N–H and O–H groups in total. The molecule has 3 rings (SSSR count). The van der Waals surface area contributed by atoms with E-state index in [0.717, 1.165) is 43.2 Å². The molecule has 1 aromatic rings. The Morgan fingerprint density at radius 2 is 1.65 bits per heavy atom. The number of rotatable bonds is 2. The van der Waals surface area contributed by atoms with Crippen molar-refractivity contribution < 1.29 is 14.4 Å². The highest BCUT2D eigenvalue weighted by atomic mass is 16.2. The quantitative estimate of drug-likeness (QED) is 0.787. The number of carbonyl (C=O) groups is 3. The molecule has 122 valence electrons. The topological polar surface area (TPSA) is 57.7 Å². The SMILES string of the molecule is Cc1ccc(C)c(N2C(=O)CC(=O)N(C3CCCCC3)C2=O)c1. The largest absolute Gasteiger partial charge is 0.338 e. The van der Waals surface area contributed by atoms with Gasteiger partial charge in [0, 0.05) is 6.04 Å². The van der Waals surface area contributed by atoms with Crippen molar-refractivity contribution in [2.45, 2.75) is 58.4 Å². The minimum Gasteiger partial charge on any atom is -0.274 e. The van der Waals surface area contributed by atoms with E-state index in [0.29, 0.717) is 5.69 Å². The molecule has 0 radical (unpaired) electrons. The fraction of sp³-hybridized carbons (Fsp3) is 0.500. The lowest BCUT2D eigenvalue weighted by Crippen LogP contribution is -2.59. The molecule has 0 aromatic heterocycles. The van der Waals surface area contributed by atoms with Crippen molar-refractivity contribution in [3.05, 3.63) is 29.3 Å². The summed E-state index contributed by atoms with van der Waals surface area (Å²) in [5, 5.41) is 0. The highest BCUT2D eigenvalue weighted by Gasteiger charge is 2.42. The van der Waals surface area contributed by atoms with E-state index in [1.165, 1.54) is 9.80 Å². The highest BCUT2D eigenvalue weighted by molar-refractivity contribution is 6.26. The first-order valence-electron chi connectivity index (χ1n) is 8.25. The summed E-state index contributed by atoms with van der Waals surface area (Å²) in [7, 11) is 0. The zero-order valence-electron chi connectivity index (χ0n) is 13.7. The van der Waals surface area contributed by atoms with Crippen LogP contribution in [0.3, 0.4) is 0 Å². The monoisotopic (exact) mass is 314 g/mol. The lowest BCUT2D eigenvalue weighted by atomic mass is 9.93. The molecule has 0 bridgehead atoms. The van der Waals surface area contributed by atoms with E-state index in [-0.39, 0.29) is 18.4 Å². The van der Waals surface area contributed by atoms with Gasteiger partial charge in [0.15, 0.2) is 0 Å². The van der Waals surface area contributed by atoms with Gasteiger partial charge in [0.2, 0.25) is 11.8 Å². The number of urea groups is 1. The van der Waals surface area contributed by atoms with E-state index in [1.54, 1.807) is 0 Å². The van der Waals surface area contributed by atoms with Gasteiger partial charge in [-0.05, 0) is 43.9 Å². The summed E-state index contributed by atoms with van der Waals surface area (Å²) in [6.45, 7) is 3.79. The molecule has 1 aliphatic carbocycles. The van der Waals surface area contributed by atoms with Gasteiger partial charge in [-0.1, -0.05) is 31.4 Å². The van der Waals surface area contributed by atoms with Crippen LogP contribution in [0.2, 0.25) is 0 Å². The molecular formula is C18H22N2O3. The van der Waals surface area contributed by atoms with Crippen LogP contribution in [0, 0.1) is 13.8 Å². The second kappa shape index (κ2) is 6.14. The molecule has 1 aliphatic heterocycles. The Kier molecular flexibility index (Phi) is 4.20. The number of benzene rings is 1. The third-order valence-corrected chi connectivity index (χ3v) is 4.76. The summed E-state index contributed by atoms with van der Waals surface area (Å²) >= 11 is 0. The van der Waals surface area contributed by atoms with Crippen LogP contribution in [0.5, 0.6) is 0 Å². The minimum absolute atomic E-state index is 0.0653. The standard InChI is InChI=1S/C18H22N2O3/c1-12-8-9-13(2)15(10-12)20-17(22)11-16(21)19(18(20)23)14-6-4-3-5-7-14/h8-10,14H,3-7,11H2,1-2H3. The molecule has 1 saturated heterocycles. The molecule has 2 fully saturated rings. The van der Waals surface area contributed by atoms with E-state index in [9.17, 15) is 14.4 Å². The molecule has 2 aliphatic rings. The molecule has 1 aromatic carbocycles. The van der Waals surface area contributed by atoms with Crippen molar-refractivity contribution in [3.63, 3.8) is 0 Å². The first-order chi connectivity index (χ1) is 11.0. The Bertz CT molecular complexity index is 662. The molecule has 1 heterocycles. The summed E-state index contributed by atoms with van der Waals surface area (Å²) in [4.78, 5) is 40.1. The smallest absolute Gasteiger partial charge is 0.274 e. The Labute approximate surface area is 136 Å². The van der Waals surface area contributed by atoms with Gasteiger partial charge in [-0.3, -0.25) is 14.5 Å². The van der Waals surface area contributed by atoms with Gasteiger partial charge in [0.25, 0.3) is 0 Å². The van der Waals surface area contributed by atoms with Crippen LogP contribution >= 0.6 is 0 Å². The van der Waals surface area contributed by atoms with Crippen LogP contribution in [-0.2, 0) is 9.59 Å². The first kappa shape index (κ1) is 15.7. The first-order valence-corrected chi connectivity index (χ1v) is 8.25. The summed E-state index contributed by atoms with van der Waals surface area (Å²) < 4.78 is 0. The van der Waals surface area contributed by atoms with Crippen LogP contribution in [-0.4, -0.2) is 28.8 Å². The normalized spacial score (nSPS) is 20.3. The van der Waals surface area contributed by atoms with Crippen molar-refractivity contribution in [1.29, 1.82) is 0 Å². The van der Waals surface area contributed by atoms with Crippen molar-refractivity contribution in [3.8, 4) is 0 Å². The number of aryl methyl sites for hydroxylation is 2. The third-order valence-electron chi connectivity index (χ3n) is 4.76. The van der Waals surface area contributed by atoms with Crippen LogP contribution in [0.4, 0.5) is 10.5 Å². The summed E-state index contributed by atoms with van der Waals surface area (Å²) in [6.07, 6.45) is 4.65. The molecule has 0 spiro atoms. The predicted molar refractivity (Wildman–Crippen MR) is 87.1 cm³/mol. The van der Waals surface area contributed by atoms with E-state index >= 15 is 0 Å². The predicted octanol–water partition coefficient (Wildman–Crippen LogP) is 3.32. The highest BCUT2D eigenvalue weighted by Crippen LogP contribution is 2.30. The average Bonchev–Trinajstić information content (AvgIpc) is 2.51. The van der Waals surface area contributed by atoms with Crippen LogP contribution in [0.25, 0.3) is 0 Å². The molecule has 5 heteroatoms. The zero-order chi connectivity index (χ0) is 16.6. The van der Waals surface area contributed by atoms with Gasteiger partial charge in [-0.15, -0.1) is 0 Å². The van der Waals surface area contributed by atoms with Crippen LogP contribution in [0.1, 0.15) is 49.7 Å². The Morgan fingerprint density at radius 3 is 2.35 bits per heavy atom. The van der Waals surface area contributed by atoms with Crippen molar-refractivity contribution in [1.82, 2.24) is 4.90 Å². The molecule has 5 nitrogen and oxygen atoms in total. The van der Waals surface area contributed by atoms with Crippen LogP contribution < -0.4 is 4.90 Å². The fourth-order valence-corrected chi connectivity index (χ4v) is 3.51. The number of hydrogen-bond acceptors (Lipinski definition) is 3. The lowest BCUT2D eigenvalue weighted by molar-refractivity contribution is -0.136. The average molecular weight is 314 g/mol. The van der Waals surface area contributed by atoms with Gasteiger partial charge in [-0.25, -0.2) is 9.69 Å². The summed E-state index contributed by atoms with van der Waals surface area (Å²) in [6, 6.07) is 5.13. The van der Waals surface area contributed by atoms with Gasteiger partial charge < -0.3 is 0 Å². The lowest BCUT2D eigenvalue weighted by Gasteiger charge is -2.39. The fourth-order valence-electron chi connectivity index (χ4n) is 3.51. The van der Waals surface area contributed by atoms with Gasteiger partial charge in [-0.2, -0.15) is 0 Å². The molecule has 4 amide bonds. The second-order valence-electron chi connectivity index (χ2n) is 6.53. The Morgan fingerprint density at radius 1 is 0.957 bits per heavy atom. The third kappa shape index (κ3) is 2.87. The van der Waals surface area contributed by atoms with Crippen LogP contribution in [0.15, 0.2) is 18.2 Å². The summed E-state index contributed by atoms with van der Waals surface area (Å²) in [5.74, 6) is -0.783. The molecule has 23 heavy (non-hydrogen) atoms. The number of carbonyl (C=O) groups excluding carboxylic acids is 3. The second-order valence-corrected chi connectivity index (χ2v) is 6.53. The zero-order valence-corrected chi connectivity index (χ0v) is 13.7. The summed E-state index contributed by atoms with van der Waals surface area (Å²) in [5.41, 5.74) is 2.43. The van der Waals surface area contributed by atoms with E-state index < -0.39 is 11.9 Å². The van der Waals surface area contributed by atoms with Gasteiger partial charge in [0.05, 0.1) is 5.69 Å². The van der Waals surface area contributed by atoms with E-state index in [4.69, 9.17) is 0 Å². The molecule has 0 atom stereocenters. The number of imide groups is 2. The number of anilines is 1. The number of amides is 4. The van der Waals surface area contributed by atoms with Crippen molar-refractivity contribution in [2.24, 2.45) is 0 Å². The number of barbiturate groups is 1. The number of hydrogen-bond donors (Lipinski definition) is 0. The molecule has 0 unspecified atom stereocenters. The maximum Gasteiger partial charge on any atom is 0.338 e. The maximum atomic E-state index is 12.9. The Balaban J connectivity index is 1.96. The Hall–Kier alpha value is -2.17.